The monoisotopic (exact) mass is 268 g/mol. The van der Waals surface area contributed by atoms with Crippen LogP contribution in [0.25, 0.3) is 0 Å². The van der Waals surface area contributed by atoms with Crippen LogP contribution in [0.1, 0.15) is 29.3 Å². The minimum absolute atomic E-state index is 0.326. The molecule has 0 saturated carbocycles. The molecule has 0 bridgehead atoms. The molecule has 0 saturated heterocycles. The predicted octanol–water partition coefficient (Wildman–Crippen LogP) is 2.59. The van der Waals surface area contributed by atoms with Gasteiger partial charge in [-0.1, -0.05) is 12.1 Å². The smallest absolute Gasteiger partial charge is 0.231 e. The molecule has 2 aliphatic rings. The number of hydrogen-bond acceptors (Lipinski definition) is 4. The molecule has 20 heavy (non-hydrogen) atoms. The van der Waals surface area contributed by atoms with Crippen LogP contribution in [0.3, 0.4) is 0 Å². The molecule has 2 aromatic rings. The summed E-state index contributed by atoms with van der Waals surface area (Å²) in [5.74, 6) is 1.68. The van der Waals surface area contributed by atoms with E-state index >= 15 is 0 Å². The van der Waals surface area contributed by atoms with Crippen LogP contribution in [0.15, 0.2) is 36.5 Å². The van der Waals surface area contributed by atoms with Crippen LogP contribution in [0, 0.1) is 0 Å². The van der Waals surface area contributed by atoms with Gasteiger partial charge in [0, 0.05) is 12.7 Å². The maximum atomic E-state index is 5.40. The van der Waals surface area contributed by atoms with Crippen molar-refractivity contribution in [2.45, 2.75) is 25.4 Å². The highest BCUT2D eigenvalue weighted by atomic mass is 16.7. The Morgan fingerprint density at radius 2 is 2.15 bits per heavy atom. The average Bonchev–Trinajstić information content (AvgIpc) is 3.11. The molecule has 1 unspecified atom stereocenters. The van der Waals surface area contributed by atoms with Crippen molar-refractivity contribution < 1.29 is 9.47 Å². The third-order valence-electron chi connectivity index (χ3n) is 3.95. The molecule has 1 aliphatic carbocycles. The summed E-state index contributed by atoms with van der Waals surface area (Å²) >= 11 is 0. The van der Waals surface area contributed by atoms with E-state index in [9.17, 15) is 0 Å². The largest absolute Gasteiger partial charge is 0.454 e. The Balaban J connectivity index is 1.46. The van der Waals surface area contributed by atoms with E-state index in [4.69, 9.17) is 9.47 Å². The lowest BCUT2D eigenvalue weighted by atomic mass is 10.1. The van der Waals surface area contributed by atoms with E-state index in [-0.39, 0.29) is 0 Å². The van der Waals surface area contributed by atoms with Crippen molar-refractivity contribution in [2.75, 3.05) is 6.79 Å². The van der Waals surface area contributed by atoms with E-state index in [1.54, 1.807) is 0 Å². The zero-order valence-electron chi connectivity index (χ0n) is 11.1. The number of ether oxygens (including phenoxy) is 2. The van der Waals surface area contributed by atoms with Crippen LogP contribution in [0.5, 0.6) is 11.5 Å². The quantitative estimate of drug-likeness (QED) is 0.929. The number of rotatable bonds is 3. The summed E-state index contributed by atoms with van der Waals surface area (Å²) < 4.78 is 10.7. The lowest BCUT2D eigenvalue weighted by molar-refractivity contribution is 0.174. The summed E-state index contributed by atoms with van der Waals surface area (Å²) in [6, 6.07) is 10.6. The van der Waals surface area contributed by atoms with Crippen LogP contribution < -0.4 is 14.8 Å². The summed E-state index contributed by atoms with van der Waals surface area (Å²) in [5, 5.41) is 3.59. The molecular weight excluding hydrogens is 252 g/mol. The van der Waals surface area contributed by atoms with Crippen molar-refractivity contribution in [1.29, 1.82) is 0 Å². The Morgan fingerprint density at radius 1 is 1.20 bits per heavy atom. The second-order valence-corrected chi connectivity index (χ2v) is 5.21. The number of fused-ring (bicyclic) bond motifs is 2. The Hall–Kier alpha value is -2.07. The summed E-state index contributed by atoms with van der Waals surface area (Å²) in [4.78, 5) is 4.50. The van der Waals surface area contributed by atoms with Crippen molar-refractivity contribution >= 4 is 0 Å². The molecule has 4 heteroatoms. The van der Waals surface area contributed by atoms with Crippen molar-refractivity contribution in [3.63, 3.8) is 0 Å². The molecule has 1 aromatic heterocycles. The van der Waals surface area contributed by atoms with E-state index < -0.39 is 0 Å². The Labute approximate surface area is 117 Å². The molecule has 1 aliphatic heterocycles. The van der Waals surface area contributed by atoms with Crippen molar-refractivity contribution in [2.24, 2.45) is 0 Å². The summed E-state index contributed by atoms with van der Waals surface area (Å²) in [6.07, 6.45) is 4.11. The molecule has 0 amide bonds. The van der Waals surface area contributed by atoms with Crippen LogP contribution in [0.4, 0.5) is 0 Å². The minimum atomic E-state index is 0.326. The van der Waals surface area contributed by atoms with Crippen molar-refractivity contribution in [1.82, 2.24) is 10.3 Å². The number of aromatic nitrogens is 1. The topological polar surface area (TPSA) is 43.4 Å². The van der Waals surface area contributed by atoms with Gasteiger partial charge in [-0.15, -0.1) is 0 Å². The standard InChI is InChI=1S/C16H16N2O2/c1-2-12-4-5-13(16(12)17-7-1)18-9-11-3-6-14-15(8-11)20-10-19-14/h1-3,6-8,13,18H,4-5,9-10H2. The first kappa shape index (κ1) is 11.7. The number of aryl methyl sites for hydroxylation is 1. The Bertz CT molecular complexity index is 642. The van der Waals surface area contributed by atoms with Gasteiger partial charge in [0.15, 0.2) is 11.5 Å². The summed E-state index contributed by atoms with van der Waals surface area (Å²) in [5.41, 5.74) is 3.78. The number of pyridine rings is 1. The highest BCUT2D eigenvalue weighted by Crippen LogP contribution is 2.33. The van der Waals surface area contributed by atoms with E-state index in [0.717, 1.165) is 30.9 Å². The Morgan fingerprint density at radius 3 is 3.15 bits per heavy atom. The Kier molecular flexibility index (Phi) is 2.81. The molecular formula is C16H16N2O2. The molecule has 1 N–H and O–H groups in total. The molecule has 4 rings (SSSR count). The van der Waals surface area contributed by atoms with Crippen molar-refractivity contribution in [3.05, 3.63) is 53.3 Å². The highest BCUT2D eigenvalue weighted by molar-refractivity contribution is 5.44. The summed E-state index contributed by atoms with van der Waals surface area (Å²) in [6.45, 7) is 1.14. The summed E-state index contributed by atoms with van der Waals surface area (Å²) in [7, 11) is 0. The molecule has 102 valence electrons. The normalized spacial score (nSPS) is 19.1. The second-order valence-electron chi connectivity index (χ2n) is 5.21. The maximum absolute atomic E-state index is 5.40. The van der Waals surface area contributed by atoms with Gasteiger partial charge in [0.05, 0.1) is 11.7 Å². The number of hydrogen-bond donors (Lipinski definition) is 1. The van der Waals surface area contributed by atoms with Gasteiger partial charge in [0.2, 0.25) is 6.79 Å². The van der Waals surface area contributed by atoms with Gasteiger partial charge >= 0.3 is 0 Å². The highest BCUT2D eigenvalue weighted by Gasteiger charge is 2.23. The molecule has 0 radical (unpaired) electrons. The zero-order valence-corrected chi connectivity index (χ0v) is 11.1. The van der Waals surface area contributed by atoms with E-state index in [1.165, 1.54) is 16.8 Å². The van der Waals surface area contributed by atoms with Crippen LogP contribution in [-0.4, -0.2) is 11.8 Å². The first-order valence-electron chi connectivity index (χ1n) is 6.96. The number of nitrogens with zero attached hydrogens (tertiary/aromatic N) is 1. The lowest BCUT2D eigenvalue weighted by Gasteiger charge is -2.13. The molecule has 0 fully saturated rings. The van der Waals surface area contributed by atoms with Crippen LogP contribution >= 0.6 is 0 Å². The SMILES string of the molecule is c1cnc2c(c1)CCC2NCc1ccc2c(c1)OCO2. The molecule has 1 atom stereocenters. The van der Waals surface area contributed by atoms with Gasteiger partial charge in [-0.25, -0.2) is 0 Å². The van der Waals surface area contributed by atoms with Crippen LogP contribution in [-0.2, 0) is 13.0 Å². The average molecular weight is 268 g/mol. The fourth-order valence-electron chi connectivity index (χ4n) is 2.90. The molecule has 4 nitrogen and oxygen atoms in total. The van der Waals surface area contributed by atoms with Gasteiger partial charge in [-0.3, -0.25) is 4.98 Å². The van der Waals surface area contributed by atoms with E-state index in [0.29, 0.717) is 12.8 Å². The van der Waals surface area contributed by atoms with Gasteiger partial charge in [0.1, 0.15) is 0 Å². The van der Waals surface area contributed by atoms with Gasteiger partial charge < -0.3 is 14.8 Å². The number of benzene rings is 1. The van der Waals surface area contributed by atoms with Gasteiger partial charge in [0.25, 0.3) is 0 Å². The number of nitrogens with one attached hydrogen (secondary N) is 1. The van der Waals surface area contributed by atoms with E-state index in [1.807, 2.05) is 24.4 Å². The first-order valence-corrected chi connectivity index (χ1v) is 6.96. The molecule has 0 spiro atoms. The second kappa shape index (κ2) is 4.80. The molecule has 2 heterocycles. The van der Waals surface area contributed by atoms with Gasteiger partial charge in [-0.2, -0.15) is 0 Å². The van der Waals surface area contributed by atoms with Crippen LogP contribution in [0.2, 0.25) is 0 Å². The third kappa shape index (κ3) is 2.02. The maximum Gasteiger partial charge on any atom is 0.231 e. The zero-order chi connectivity index (χ0) is 13.4. The van der Waals surface area contributed by atoms with Crippen molar-refractivity contribution in [3.8, 4) is 11.5 Å². The predicted molar refractivity (Wildman–Crippen MR) is 74.7 cm³/mol. The van der Waals surface area contributed by atoms with E-state index in [2.05, 4.69) is 22.4 Å². The minimum Gasteiger partial charge on any atom is -0.454 e. The fraction of sp³-hybridized carbons (Fsp3) is 0.312. The third-order valence-corrected chi connectivity index (χ3v) is 3.95. The molecule has 1 aromatic carbocycles. The fourth-order valence-corrected chi connectivity index (χ4v) is 2.90. The lowest BCUT2D eigenvalue weighted by Crippen LogP contribution is -2.19. The first-order chi connectivity index (χ1) is 9.90. The van der Waals surface area contributed by atoms with Gasteiger partial charge in [-0.05, 0) is 42.2 Å².